The Labute approximate surface area is 185 Å². The van der Waals surface area contributed by atoms with Gasteiger partial charge < -0.3 is 20.4 Å². The minimum atomic E-state index is -0.566. The maximum absolute atomic E-state index is 12.7. The van der Waals surface area contributed by atoms with E-state index in [0.29, 0.717) is 5.69 Å². The van der Waals surface area contributed by atoms with Crippen LogP contribution in [0.4, 0.5) is 11.4 Å². The van der Waals surface area contributed by atoms with Crippen LogP contribution >= 0.6 is 0 Å². The predicted octanol–water partition coefficient (Wildman–Crippen LogP) is 3.10. The fourth-order valence-electron chi connectivity index (χ4n) is 7.13. The van der Waals surface area contributed by atoms with Crippen molar-refractivity contribution in [2.45, 2.75) is 51.5 Å². The van der Waals surface area contributed by atoms with Gasteiger partial charge in [-0.15, -0.1) is 0 Å². The van der Waals surface area contributed by atoms with E-state index >= 15 is 0 Å². The first-order valence-electron chi connectivity index (χ1n) is 12.1. The molecule has 1 unspecified atom stereocenters. The van der Waals surface area contributed by atoms with Crippen molar-refractivity contribution in [3.63, 3.8) is 0 Å². The van der Waals surface area contributed by atoms with Gasteiger partial charge in [0.05, 0.1) is 0 Å². The van der Waals surface area contributed by atoms with Crippen molar-refractivity contribution in [3.05, 3.63) is 24.3 Å². The van der Waals surface area contributed by atoms with Gasteiger partial charge in [0.25, 0.3) is 0 Å². The van der Waals surface area contributed by atoms with Gasteiger partial charge in [-0.2, -0.15) is 0 Å². The molecule has 4 saturated carbocycles. The molecule has 0 aromatic heterocycles. The zero-order chi connectivity index (χ0) is 21.6. The van der Waals surface area contributed by atoms with Gasteiger partial charge in [0, 0.05) is 43.6 Å². The molecule has 1 aromatic rings. The summed E-state index contributed by atoms with van der Waals surface area (Å²) < 4.78 is 0. The summed E-state index contributed by atoms with van der Waals surface area (Å²) in [7, 11) is 2.14. The van der Waals surface area contributed by atoms with Crippen LogP contribution < -0.4 is 15.5 Å². The Morgan fingerprint density at radius 2 is 1.45 bits per heavy atom. The monoisotopic (exact) mass is 424 g/mol. The number of piperazine rings is 1. The molecule has 1 atom stereocenters. The number of carbonyl (C=O) groups is 2. The summed E-state index contributed by atoms with van der Waals surface area (Å²) in [6.07, 6.45) is 7.79. The van der Waals surface area contributed by atoms with Crippen LogP contribution in [0.3, 0.4) is 0 Å². The highest BCUT2D eigenvalue weighted by atomic mass is 16.2. The van der Waals surface area contributed by atoms with Crippen molar-refractivity contribution >= 4 is 23.2 Å². The number of hydrogen-bond donors (Lipinski definition) is 2. The molecule has 0 radical (unpaired) electrons. The lowest BCUT2D eigenvalue weighted by Crippen LogP contribution is -2.57. The van der Waals surface area contributed by atoms with E-state index in [2.05, 4.69) is 34.4 Å². The molecule has 2 amide bonds. The number of carbonyl (C=O) groups excluding carboxylic acids is 2. The van der Waals surface area contributed by atoms with E-state index in [1.165, 1.54) is 38.5 Å². The van der Waals surface area contributed by atoms with Gasteiger partial charge >= 0.3 is 11.8 Å². The van der Waals surface area contributed by atoms with Crippen LogP contribution in [0.1, 0.15) is 45.4 Å². The third-order valence-corrected chi connectivity index (χ3v) is 8.55. The molecular weight excluding hydrogens is 388 g/mol. The van der Waals surface area contributed by atoms with Gasteiger partial charge in [-0.25, -0.2) is 0 Å². The maximum Gasteiger partial charge on any atom is 0.313 e. The van der Waals surface area contributed by atoms with E-state index in [1.807, 2.05) is 24.3 Å². The van der Waals surface area contributed by atoms with Gasteiger partial charge in [0.15, 0.2) is 0 Å². The molecular formula is C25H36N4O2. The number of benzene rings is 1. The molecule has 6 rings (SSSR count). The van der Waals surface area contributed by atoms with Crippen molar-refractivity contribution in [1.29, 1.82) is 0 Å². The number of nitrogens with zero attached hydrogens (tertiary/aromatic N) is 2. The maximum atomic E-state index is 12.7. The van der Waals surface area contributed by atoms with Crippen molar-refractivity contribution in [2.75, 3.05) is 43.4 Å². The summed E-state index contributed by atoms with van der Waals surface area (Å²) in [6.45, 7) is 6.24. The van der Waals surface area contributed by atoms with Crippen LogP contribution in [0.5, 0.6) is 0 Å². The summed E-state index contributed by atoms with van der Waals surface area (Å²) in [5, 5.41) is 5.84. The average Bonchev–Trinajstić information content (AvgIpc) is 2.74. The Morgan fingerprint density at radius 1 is 0.903 bits per heavy atom. The van der Waals surface area contributed by atoms with Crippen molar-refractivity contribution in [2.24, 2.45) is 23.2 Å². The van der Waals surface area contributed by atoms with Gasteiger partial charge in [-0.3, -0.25) is 9.59 Å². The number of nitrogens with one attached hydrogen (secondary N) is 2. The van der Waals surface area contributed by atoms with Gasteiger partial charge in [0.2, 0.25) is 0 Å². The molecule has 6 nitrogen and oxygen atoms in total. The smallest absolute Gasteiger partial charge is 0.313 e. The van der Waals surface area contributed by atoms with E-state index in [9.17, 15) is 9.59 Å². The molecule has 1 aromatic carbocycles. The number of amides is 2. The molecule has 0 spiro atoms. The SMILES string of the molecule is CC(NC(=O)C(=O)Nc1ccc(N2CCN(C)CC2)cc1)C12CC3CC(CC(C3)C1)C2. The van der Waals surface area contributed by atoms with Crippen LogP contribution in [-0.4, -0.2) is 56.0 Å². The predicted molar refractivity (Wildman–Crippen MR) is 123 cm³/mol. The van der Waals surface area contributed by atoms with E-state index in [0.717, 1.165) is 49.6 Å². The van der Waals surface area contributed by atoms with Gasteiger partial charge in [-0.05, 0) is 99.9 Å². The van der Waals surface area contributed by atoms with Gasteiger partial charge in [0.1, 0.15) is 0 Å². The number of rotatable bonds is 4. The highest BCUT2D eigenvalue weighted by Crippen LogP contribution is 2.61. The Morgan fingerprint density at radius 3 is 2.00 bits per heavy atom. The molecule has 2 N–H and O–H groups in total. The minimum absolute atomic E-state index is 0.0544. The summed E-state index contributed by atoms with van der Waals surface area (Å²) >= 11 is 0. The largest absolute Gasteiger partial charge is 0.369 e. The lowest BCUT2D eigenvalue weighted by Gasteiger charge is -2.59. The highest BCUT2D eigenvalue weighted by molar-refractivity contribution is 6.39. The van der Waals surface area contributed by atoms with Crippen molar-refractivity contribution < 1.29 is 9.59 Å². The average molecular weight is 425 g/mol. The fourth-order valence-corrected chi connectivity index (χ4v) is 7.13. The van der Waals surface area contributed by atoms with E-state index in [4.69, 9.17) is 0 Å². The normalized spacial score (nSPS) is 33.2. The zero-order valence-electron chi connectivity index (χ0n) is 18.9. The molecule has 1 saturated heterocycles. The number of hydrogen-bond acceptors (Lipinski definition) is 4. The van der Waals surface area contributed by atoms with Crippen LogP contribution in [0, 0.1) is 23.2 Å². The Balaban J connectivity index is 1.16. The van der Waals surface area contributed by atoms with Crippen molar-refractivity contribution in [1.82, 2.24) is 10.2 Å². The standard InChI is InChI=1S/C25H36N4O2/c1-17(25-14-18-11-19(15-25)13-20(12-18)16-25)26-23(30)24(31)27-21-3-5-22(6-4-21)29-9-7-28(2)8-10-29/h3-6,17-20H,7-16H2,1-2H3,(H,26,30)(H,27,31). The Hall–Kier alpha value is -2.08. The molecule has 4 bridgehead atoms. The second-order valence-electron chi connectivity index (χ2n) is 10.8. The third-order valence-electron chi connectivity index (χ3n) is 8.55. The summed E-state index contributed by atoms with van der Waals surface area (Å²) in [6, 6.07) is 7.88. The molecule has 1 aliphatic heterocycles. The van der Waals surface area contributed by atoms with Gasteiger partial charge in [-0.1, -0.05) is 0 Å². The second-order valence-corrected chi connectivity index (χ2v) is 10.8. The summed E-state index contributed by atoms with van der Waals surface area (Å²) in [5.74, 6) is 1.42. The van der Waals surface area contributed by atoms with Crippen LogP contribution in [0.25, 0.3) is 0 Å². The first-order chi connectivity index (χ1) is 14.9. The molecule has 5 aliphatic rings. The number of anilines is 2. The Bertz CT molecular complexity index is 793. The number of likely N-dealkylation sites (N-methyl/N-ethyl adjacent to an activating group) is 1. The first-order valence-corrected chi connectivity index (χ1v) is 12.1. The van der Waals surface area contributed by atoms with E-state index in [-0.39, 0.29) is 11.5 Å². The van der Waals surface area contributed by atoms with Crippen LogP contribution in [-0.2, 0) is 9.59 Å². The summed E-state index contributed by atoms with van der Waals surface area (Å²) in [4.78, 5) is 29.9. The van der Waals surface area contributed by atoms with Crippen molar-refractivity contribution in [3.8, 4) is 0 Å². The van der Waals surface area contributed by atoms with Crippen LogP contribution in [0.15, 0.2) is 24.3 Å². The van der Waals surface area contributed by atoms with E-state index < -0.39 is 11.8 Å². The molecule has 5 fully saturated rings. The quantitative estimate of drug-likeness (QED) is 0.729. The second kappa shape index (κ2) is 8.12. The third kappa shape index (κ3) is 4.19. The highest BCUT2D eigenvalue weighted by Gasteiger charge is 2.53. The molecule has 168 valence electrons. The minimum Gasteiger partial charge on any atom is -0.369 e. The first kappa shape index (κ1) is 20.8. The summed E-state index contributed by atoms with van der Waals surface area (Å²) in [5.41, 5.74) is 2.03. The molecule has 4 aliphatic carbocycles. The topological polar surface area (TPSA) is 64.7 Å². The lowest BCUT2D eigenvalue weighted by molar-refractivity contribution is -0.138. The van der Waals surface area contributed by atoms with Crippen LogP contribution in [0.2, 0.25) is 0 Å². The Kier molecular flexibility index (Phi) is 5.45. The molecule has 31 heavy (non-hydrogen) atoms. The molecule has 1 heterocycles. The molecule has 6 heteroatoms. The fraction of sp³-hybridized carbons (Fsp3) is 0.680. The lowest BCUT2D eigenvalue weighted by atomic mass is 9.48. The zero-order valence-corrected chi connectivity index (χ0v) is 18.9. The van der Waals surface area contributed by atoms with E-state index in [1.54, 1.807) is 0 Å².